The van der Waals surface area contributed by atoms with Gasteiger partial charge in [-0.05, 0) is 58.2 Å². The van der Waals surface area contributed by atoms with Crippen molar-refractivity contribution in [3.63, 3.8) is 0 Å². The van der Waals surface area contributed by atoms with Crippen molar-refractivity contribution in [2.45, 2.75) is 65.3 Å². The van der Waals surface area contributed by atoms with Gasteiger partial charge in [-0.2, -0.15) is 10.2 Å². The van der Waals surface area contributed by atoms with E-state index in [-0.39, 0.29) is 30.3 Å². The molecule has 1 aliphatic rings. The molecule has 3 aromatic rings. The van der Waals surface area contributed by atoms with Gasteiger partial charge in [0, 0.05) is 30.7 Å². The van der Waals surface area contributed by atoms with Crippen LogP contribution in [0, 0.1) is 23.2 Å². The number of piperidine rings is 1. The first-order valence-corrected chi connectivity index (χ1v) is 13.8. The minimum absolute atomic E-state index is 0.0663. The fourth-order valence-electron chi connectivity index (χ4n) is 4.76. The normalized spacial score (nSPS) is 15.3. The molecule has 0 aliphatic carbocycles. The van der Waals surface area contributed by atoms with Crippen LogP contribution in [0.4, 0.5) is 10.7 Å². The van der Waals surface area contributed by atoms with Crippen LogP contribution in [0.15, 0.2) is 32.3 Å². The zero-order valence-corrected chi connectivity index (χ0v) is 24.8. The van der Waals surface area contributed by atoms with Gasteiger partial charge in [-0.1, -0.05) is 27.9 Å². The number of ether oxygens (including phenoxy) is 1. The lowest BCUT2D eigenvalue weighted by Gasteiger charge is -2.34. The summed E-state index contributed by atoms with van der Waals surface area (Å²) in [7, 11) is 1.57. The Morgan fingerprint density at radius 3 is 2.70 bits per heavy atom. The summed E-state index contributed by atoms with van der Waals surface area (Å²) in [5.74, 6) is 6.39. The zero-order chi connectivity index (χ0) is 29.2. The number of carbonyl (C=O) groups excluding carboxylic acids is 1. The van der Waals surface area contributed by atoms with Gasteiger partial charge in [-0.3, -0.25) is 18.5 Å². The second-order valence-electron chi connectivity index (χ2n) is 10.7. The number of aryl methyl sites for hydroxylation is 1. The molecule has 1 N–H and O–H groups in total. The number of aromatic nitrogens is 4. The Kier molecular flexibility index (Phi) is 8.40. The third-order valence-electron chi connectivity index (χ3n) is 6.57. The van der Waals surface area contributed by atoms with Crippen molar-refractivity contribution in [3.8, 4) is 17.9 Å². The fourth-order valence-corrected chi connectivity index (χ4v) is 5.12. The Hall–Kier alpha value is -4.03. The minimum Gasteiger partial charge on any atom is -0.444 e. The van der Waals surface area contributed by atoms with Crippen molar-refractivity contribution in [2.24, 2.45) is 7.05 Å². The van der Waals surface area contributed by atoms with Crippen LogP contribution in [0.3, 0.4) is 0 Å². The molecule has 210 valence electrons. The van der Waals surface area contributed by atoms with E-state index in [0.717, 1.165) is 21.9 Å². The molecule has 2 aromatic heterocycles. The molecule has 4 rings (SSSR count). The number of nitriles is 1. The van der Waals surface area contributed by atoms with Crippen LogP contribution in [0.2, 0.25) is 0 Å². The maximum Gasteiger partial charge on any atom is 0.407 e. The monoisotopic (exact) mass is 609 g/mol. The summed E-state index contributed by atoms with van der Waals surface area (Å²) in [5.41, 5.74) is -0.245. The smallest absolute Gasteiger partial charge is 0.407 e. The number of carbonyl (C=O) groups is 1. The van der Waals surface area contributed by atoms with Gasteiger partial charge in [0.05, 0.1) is 24.7 Å². The molecule has 1 fully saturated rings. The summed E-state index contributed by atoms with van der Waals surface area (Å²) in [5, 5.41) is 12.5. The molecule has 0 bridgehead atoms. The molecule has 11 nitrogen and oxygen atoms in total. The van der Waals surface area contributed by atoms with Crippen molar-refractivity contribution in [1.29, 1.82) is 5.26 Å². The van der Waals surface area contributed by atoms with Crippen LogP contribution in [0.1, 0.15) is 51.7 Å². The Bertz CT molecular complexity index is 1680. The molecule has 40 heavy (non-hydrogen) atoms. The molecule has 1 aliphatic heterocycles. The highest BCUT2D eigenvalue weighted by atomic mass is 79.9. The van der Waals surface area contributed by atoms with Crippen LogP contribution in [-0.4, -0.2) is 49.5 Å². The maximum absolute atomic E-state index is 13.9. The lowest BCUT2D eigenvalue weighted by Crippen LogP contribution is -2.49. The molecular formula is C28H32BrN7O4. The van der Waals surface area contributed by atoms with E-state index in [9.17, 15) is 19.6 Å². The summed E-state index contributed by atoms with van der Waals surface area (Å²) < 4.78 is 10.3. The largest absolute Gasteiger partial charge is 0.444 e. The van der Waals surface area contributed by atoms with Gasteiger partial charge in [0.15, 0.2) is 11.2 Å². The number of rotatable bonds is 5. The minimum atomic E-state index is -0.611. The second kappa shape index (κ2) is 11.6. The Balaban J connectivity index is 1.78. The molecule has 1 saturated heterocycles. The van der Waals surface area contributed by atoms with Gasteiger partial charge >= 0.3 is 11.8 Å². The molecule has 0 spiro atoms. The van der Waals surface area contributed by atoms with Gasteiger partial charge < -0.3 is 15.0 Å². The van der Waals surface area contributed by atoms with Crippen molar-refractivity contribution in [3.05, 3.63) is 54.6 Å². The molecule has 12 heteroatoms. The molecule has 3 heterocycles. The number of nitrogens with zero attached hydrogens (tertiary/aromatic N) is 6. The number of hydrogen-bond donors (Lipinski definition) is 1. The summed E-state index contributed by atoms with van der Waals surface area (Å²) in [6.07, 6.45) is 1.07. The lowest BCUT2D eigenvalue weighted by molar-refractivity contribution is 0.0499. The van der Waals surface area contributed by atoms with E-state index in [1.165, 1.54) is 4.57 Å². The number of alkyl carbamates (subject to hydrolysis) is 1. The standard InChI is InChI=1S/C28H32BrN7O4/c1-6-7-13-35-22-23(32-25(35)34-12-8-9-21(17-34)31-26(38)40-28(2,3)4)33(5)27(39)36(24(22)37)16-18-10-11-20(29)14-19(18)15-30/h10-11,14,21H,8-9,12-13,16-17H2,1-5H3,(H,31,38)/t21-/m1/s1. The number of amides is 1. The van der Waals surface area contributed by atoms with Gasteiger partial charge in [0.1, 0.15) is 5.60 Å². The van der Waals surface area contributed by atoms with E-state index in [1.54, 1.807) is 36.7 Å². The van der Waals surface area contributed by atoms with Gasteiger partial charge in [-0.15, -0.1) is 5.92 Å². The highest BCUT2D eigenvalue weighted by Crippen LogP contribution is 2.24. The highest BCUT2D eigenvalue weighted by Gasteiger charge is 2.29. The number of benzene rings is 1. The van der Waals surface area contributed by atoms with Gasteiger partial charge in [-0.25, -0.2) is 9.59 Å². The second-order valence-corrected chi connectivity index (χ2v) is 11.6. The summed E-state index contributed by atoms with van der Waals surface area (Å²) in [6.45, 7) is 8.38. The van der Waals surface area contributed by atoms with E-state index < -0.39 is 22.9 Å². The number of imidazole rings is 1. The molecule has 0 radical (unpaired) electrons. The summed E-state index contributed by atoms with van der Waals surface area (Å²) >= 11 is 3.35. The fraction of sp³-hybridized carbons (Fsp3) is 0.464. The predicted octanol–water partition coefficient (Wildman–Crippen LogP) is 3.10. The Morgan fingerprint density at radius 2 is 2.02 bits per heavy atom. The first-order chi connectivity index (χ1) is 18.9. The lowest BCUT2D eigenvalue weighted by atomic mass is 10.1. The third kappa shape index (κ3) is 6.07. The van der Waals surface area contributed by atoms with Crippen LogP contribution in [-0.2, 0) is 24.9 Å². The van der Waals surface area contributed by atoms with E-state index in [4.69, 9.17) is 9.72 Å². The van der Waals surface area contributed by atoms with Crippen LogP contribution in [0.5, 0.6) is 0 Å². The molecule has 1 aromatic carbocycles. The number of halogens is 1. The van der Waals surface area contributed by atoms with Crippen molar-refractivity contribution in [1.82, 2.24) is 24.0 Å². The van der Waals surface area contributed by atoms with E-state index in [0.29, 0.717) is 30.2 Å². The molecule has 0 saturated carbocycles. The number of nitrogens with one attached hydrogen (secondary N) is 1. The third-order valence-corrected chi connectivity index (χ3v) is 7.07. The topological polar surface area (TPSA) is 127 Å². The molecule has 1 amide bonds. The van der Waals surface area contributed by atoms with Crippen LogP contribution in [0.25, 0.3) is 11.2 Å². The average Bonchev–Trinajstić information content (AvgIpc) is 3.28. The summed E-state index contributed by atoms with van der Waals surface area (Å²) in [4.78, 5) is 46.4. The first-order valence-electron chi connectivity index (χ1n) is 13.0. The van der Waals surface area contributed by atoms with Crippen LogP contribution < -0.4 is 21.5 Å². The van der Waals surface area contributed by atoms with E-state index >= 15 is 0 Å². The predicted molar refractivity (Wildman–Crippen MR) is 155 cm³/mol. The zero-order valence-electron chi connectivity index (χ0n) is 23.2. The average molecular weight is 611 g/mol. The number of hydrogen-bond acceptors (Lipinski definition) is 7. The summed E-state index contributed by atoms with van der Waals surface area (Å²) in [6, 6.07) is 7.08. The molecule has 0 unspecified atom stereocenters. The molecular weight excluding hydrogens is 578 g/mol. The number of fused-ring (bicyclic) bond motifs is 1. The first kappa shape index (κ1) is 29.0. The molecule has 1 atom stereocenters. The quantitative estimate of drug-likeness (QED) is 0.440. The van der Waals surface area contributed by atoms with E-state index in [2.05, 4.69) is 39.2 Å². The van der Waals surface area contributed by atoms with Crippen molar-refractivity contribution >= 4 is 39.1 Å². The van der Waals surface area contributed by atoms with Gasteiger partial charge in [0.2, 0.25) is 5.95 Å². The van der Waals surface area contributed by atoms with Crippen molar-refractivity contribution < 1.29 is 9.53 Å². The SMILES string of the molecule is CC#CCn1c(N2CCC[C@@H](NC(=O)OC(C)(C)C)C2)nc2c1c(=O)n(Cc1ccc(Br)cc1C#N)c(=O)n2C. The van der Waals surface area contributed by atoms with E-state index in [1.807, 2.05) is 25.7 Å². The van der Waals surface area contributed by atoms with Crippen LogP contribution >= 0.6 is 15.9 Å². The Morgan fingerprint density at radius 1 is 1.27 bits per heavy atom. The Labute approximate surface area is 240 Å². The van der Waals surface area contributed by atoms with Gasteiger partial charge in [0.25, 0.3) is 5.56 Å². The number of anilines is 1. The maximum atomic E-state index is 13.9. The van der Waals surface area contributed by atoms with Crippen molar-refractivity contribution in [2.75, 3.05) is 18.0 Å². The highest BCUT2D eigenvalue weighted by molar-refractivity contribution is 9.10.